The molecule has 0 rings (SSSR count). The second-order valence-corrected chi connectivity index (χ2v) is 2.27. The largest absolute Gasteiger partial charge is 0.392 e. The number of rotatable bonds is 3. The number of nitrogens with zero attached hydrogens (tertiary/aromatic N) is 1. The van der Waals surface area contributed by atoms with Crippen LogP contribution in [0.1, 0.15) is 13.8 Å². The molecular formula is C7H15NO. The standard InChI is InChI=1S/C7H15NO/c1-4-5-8(3)6-7(2)9/h4-5,7,9H,6H2,1-3H3. The van der Waals surface area contributed by atoms with Gasteiger partial charge in [0.15, 0.2) is 0 Å². The van der Waals surface area contributed by atoms with E-state index in [0.717, 1.165) is 0 Å². The van der Waals surface area contributed by atoms with Crippen LogP contribution in [0.2, 0.25) is 0 Å². The Morgan fingerprint density at radius 1 is 1.67 bits per heavy atom. The third-order valence-electron chi connectivity index (χ3n) is 0.956. The minimum Gasteiger partial charge on any atom is -0.392 e. The molecule has 54 valence electrons. The van der Waals surface area contributed by atoms with Crippen molar-refractivity contribution in [3.05, 3.63) is 12.3 Å². The minimum absolute atomic E-state index is 0.244. The van der Waals surface area contributed by atoms with Crippen LogP contribution in [0.25, 0.3) is 0 Å². The van der Waals surface area contributed by atoms with Crippen molar-refractivity contribution in [3.8, 4) is 0 Å². The van der Waals surface area contributed by atoms with Crippen LogP contribution < -0.4 is 0 Å². The summed E-state index contributed by atoms with van der Waals surface area (Å²) in [5.74, 6) is 0. The van der Waals surface area contributed by atoms with Gasteiger partial charge in [-0.3, -0.25) is 0 Å². The summed E-state index contributed by atoms with van der Waals surface area (Å²) in [7, 11) is 1.94. The highest BCUT2D eigenvalue weighted by Crippen LogP contribution is 1.87. The van der Waals surface area contributed by atoms with Crippen molar-refractivity contribution in [2.24, 2.45) is 0 Å². The van der Waals surface area contributed by atoms with E-state index in [1.165, 1.54) is 0 Å². The molecule has 1 atom stereocenters. The monoisotopic (exact) mass is 129 g/mol. The Kier molecular flexibility index (Phi) is 4.14. The van der Waals surface area contributed by atoms with Crippen LogP contribution in [0.15, 0.2) is 12.3 Å². The van der Waals surface area contributed by atoms with E-state index in [1.54, 1.807) is 6.92 Å². The van der Waals surface area contributed by atoms with Crippen LogP contribution in [0, 0.1) is 0 Å². The number of hydrogen-bond donors (Lipinski definition) is 1. The van der Waals surface area contributed by atoms with Crippen molar-refractivity contribution in [1.82, 2.24) is 4.90 Å². The molecule has 0 saturated carbocycles. The fourth-order valence-corrected chi connectivity index (χ4v) is 0.732. The van der Waals surface area contributed by atoms with Crippen LogP contribution in [0.3, 0.4) is 0 Å². The Balaban J connectivity index is 3.38. The third-order valence-corrected chi connectivity index (χ3v) is 0.956. The molecule has 0 spiro atoms. The summed E-state index contributed by atoms with van der Waals surface area (Å²) in [6.07, 6.45) is 3.64. The summed E-state index contributed by atoms with van der Waals surface area (Å²) in [6, 6.07) is 0. The first-order chi connectivity index (χ1) is 4.16. The number of likely N-dealkylation sites (N-methyl/N-ethyl adjacent to an activating group) is 1. The highest BCUT2D eigenvalue weighted by Gasteiger charge is 1.95. The number of aliphatic hydroxyl groups is 1. The number of hydrogen-bond acceptors (Lipinski definition) is 2. The molecule has 0 aliphatic rings. The average molecular weight is 129 g/mol. The Morgan fingerprint density at radius 2 is 2.22 bits per heavy atom. The van der Waals surface area contributed by atoms with Gasteiger partial charge in [-0.15, -0.1) is 0 Å². The second-order valence-electron chi connectivity index (χ2n) is 2.27. The Labute approximate surface area is 56.8 Å². The first kappa shape index (κ1) is 8.50. The normalized spacial score (nSPS) is 14.2. The lowest BCUT2D eigenvalue weighted by molar-refractivity contribution is 0.161. The van der Waals surface area contributed by atoms with Gasteiger partial charge in [0.25, 0.3) is 0 Å². The molecule has 0 aliphatic heterocycles. The molecule has 0 aromatic heterocycles. The highest BCUT2D eigenvalue weighted by molar-refractivity contribution is 4.76. The third kappa shape index (κ3) is 5.37. The number of aliphatic hydroxyl groups excluding tert-OH is 1. The zero-order valence-corrected chi connectivity index (χ0v) is 6.33. The van der Waals surface area contributed by atoms with Gasteiger partial charge in [0, 0.05) is 13.6 Å². The molecule has 1 unspecified atom stereocenters. The van der Waals surface area contributed by atoms with Crippen molar-refractivity contribution in [3.63, 3.8) is 0 Å². The van der Waals surface area contributed by atoms with E-state index >= 15 is 0 Å². The van der Waals surface area contributed by atoms with E-state index in [-0.39, 0.29) is 6.10 Å². The Hall–Kier alpha value is -0.500. The van der Waals surface area contributed by atoms with Crippen LogP contribution >= 0.6 is 0 Å². The zero-order chi connectivity index (χ0) is 7.28. The lowest BCUT2D eigenvalue weighted by atomic mass is 10.4. The maximum Gasteiger partial charge on any atom is 0.0686 e. The molecular weight excluding hydrogens is 114 g/mol. The van der Waals surface area contributed by atoms with Crippen molar-refractivity contribution in [1.29, 1.82) is 0 Å². The quantitative estimate of drug-likeness (QED) is 0.610. The van der Waals surface area contributed by atoms with E-state index in [1.807, 2.05) is 31.1 Å². The Bertz CT molecular complexity index is 88.9. The summed E-state index contributed by atoms with van der Waals surface area (Å²) in [5.41, 5.74) is 0. The summed E-state index contributed by atoms with van der Waals surface area (Å²) in [4.78, 5) is 1.95. The molecule has 0 aliphatic carbocycles. The highest BCUT2D eigenvalue weighted by atomic mass is 16.3. The van der Waals surface area contributed by atoms with Crippen LogP contribution in [0.5, 0.6) is 0 Å². The predicted molar refractivity (Wildman–Crippen MR) is 39.1 cm³/mol. The maximum absolute atomic E-state index is 8.87. The summed E-state index contributed by atoms with van der Waals surface area (Å²) < 4.78 is 0. The van der Waals surface area contributed by atoms with Gasteiger partial charge in [-0.05, 0) is 20.0 Å². The molecule has 0 amide bonds. The number of allylic oxidation sites excluding steroid dienone is 1. The van der Waals surface area contributed by atoms with Crippen molar-refractivity contribution < 1.29 is 5.11 Å². The molecule has 0 radical (unpaired) electrons. The minimum atomic E-state index is -0.244. The van der Waals surface area contributed by atoms with Gasteiger partial charge in [-0.1, -0.05) is 6.08 Å². The van der Waals surface area contributed by atoms with E-state index in [4.69, 9.17) is 5.11 Å². The summed E-state index contributed by atoms with van der Waals surface area (Å²) in [6.45, 7) is 4.43. The first-order valence-corrected chi connectivity index (χ1v) is 3.18. The van der Waals surface area contributed by atoms with Crippen LogP contribution in [-0.2, 0) is 0 Å². The summed E-state index contributed by atoms with van der Waals surface area (Å²) >= 11 is 0. The lowest BCUT2D eigenvalue weighted by Crippen LogP contribution is -2.22. The van der Waals surface area contributed by atoms with Crippen molar-refractivity contribution >= 4 is 0 Å². The van der Waals surface area contributed by atoms with E-state index in [2.05, 4.69) is 0 Å². The predicted octanol–water partition coefficient (Wildman–Crippen LogP) is 0.833. The smallest absolute Gasteiger partial charge is 0.0686 e. The molecule has 9 heavy (non-hydrogen) atoms. The fourth-order valence-electron chi connectivity index (χ4n) is 0.732. The van der Waals surface area contributed by atoms with Crippen LogP contribution in [-0.4, -0.2) is 29.7 Å². The lowest BCUT2D eigenvalue weighted by Gasteiger charge is -2.14. The molecule has 0 aromatic rings. The topological polar surface area (TPSA) is 23.5 Å². The van der Waals surface area contributed by atoms with E-state index in [9.17, 15) is 0 Å². The average Bonchev–Trinajstić information content (AvgIpc) is 1.63. The van der Waals surface area contributed by atoms with Crippen LogP contribution in [0.4, 0.5) is 0 Å². The van der Waals surface area contributed by atoms with Crippen molar-refractivity contribution in [2.45, 2.75) is 20.0 Å². The van der Waals surface area contributed by atoms with Gasteiger partial charge in [0.2, 0.25) is 0 Å². The van der Waals surface area contributed by atoms with Gasteiger partial charge in [0.1, 0.15) is 0 Å². The van der Waals surface area contributed by atoms with E-state index in [0.29, 0.717) is 6.54 Å². The molecule has 1 N–H and O–H groups in total. The van der Waals surface area contributed by atoms with Gasteiger partial charge in [-0.25, -0.2) is 0 Å². The molecule has 2 nitrogen and oxygen atoms in total. The van der Waals surface area contributed by atoms with Gasteiger partial charge in [0.05, 0.1) is 6.10 Å². The van der Waals surface area contributed by atoms with Gasteiger partial charge in [-0.2, -0.15) is 0 Å². The second kappa shape index (κ2) is 4.39. The molecule has 0 fully saturated rings. The SMILES string of the molecule is CC=CN(C)CC(C)O. The van der Waals surface area contributed by atoms with Crippen molar-refractivity contribution in [2.75, 3.05) is 13.6 Å². The van der Waals surface area contributed by atoms with Gasteiger partial charge < -0.3 is 10.0 Å². The fraction of sp³-hybridized carbons (Fsp3) is 0.714. The molecule has 0 aromatic carbocycles. The maximum atomic E-state index is 8.87. The first-order valence-electron chi connectivity index (χ1n) is 3.18. The molecule has 0 bridgehead atoms. The van der Waals surface area contributed by atoms with Gasteiger partial charge >= 0.3 is 0 Å². The molecule has 0 heterocycles. The van der Waals surface area contributed by atoms with E-state index < -0.39 is 0 Å². The zero-order valence-electron chi connectivity index (χ0n) is 6.33. The molecule has 2 heteroatoms. The summed E-state index contributed by atoms with van der Waals surface area (Å²) in [5, 5.41) is 8.87. The molecule has 0 saturated heterocycles. The Morgan fingerprint density at radius 3 is 2.56 bits per heavy atom.